The average Bonchev–Trinajstić information content (AvgIpc) is 2.75. The van der Waals surface area contributed by atoms with Gasteiger partial charge in [0.15, 0.2) is 8.32 Å². The number of benzene rings is 1. The summed E-state index contributed by atoms with van der Waals surface area (Å²) in [5.41, 5.74) is 0.388. The molecule has 0 aromatic heterocycles. The van der Waals surface area contributed by atoms with E-state index in [0.717, 1.165) is 0 Å². The van der Waals surface area contributed by atoms with Crippen molar-refractivity contribution in [2.75, 3.05) is 13.4 Å². The van der Waals surface area contributed by atoms with Crippen molar-refractivity contribution in [2.24, 2.45) is 5.92 Å². The molecule has 0 amide bonds. The third-order valence-corrected chi connectivity index (χ3v) is 10.3. The van der Waals surface area contributed by atoms with Gasteiger partial charge in [0.25, 0.3) is 0 Å². The topological polar surface area (TPSA) is 71.1 Å². The summed E-state index contributed by atoms with van der Waals surface area (Å²) in [5.74, 6) is 1.59. The number of ether oxygens (including phenoxy) is 3. The second-order valence-corrected chi connectivity index (χ2v) is 14.2. The van der Waals surface area contributed by atoms with E-state index in [1.165, 1.54) is 0 Å². The number of hydrogen-bond donors (Lipinski definition) is 0. The maximum Gasteiger partial charge on any atom is 0.340 e. The third-order valence-electron chi connectivity index (χ3n) is 5.83. The lowest BCUT2D eigenvalue weighted by Gasteiger charge is -2.41. The lowest BCUT2D eigenvalue weighted by atomic mass is 9.96. The van der Waals surface area contributed by atoms with Crippen molar-refractivity contribution in [1.29, 1.82) is 0 Å². The summed E-state index contributed by atoms with van der Waals surface area (Å²) < 4.78 is 22.5. The number of rotatable bonds is 13. The zero-order valence-electron chi connectivity index (χ0n) is 20.8. The van der Waals surface area contributed by atoms with Crippen LogP contribution >= 0.6 is 0 Å². The lowest BCUT2D eigenvalue weighted by Crippen LogP contribution is -2.48. The maximum absolute atomic E-state index is 12.1. The van der Waals surface area contributed by atoms with Gasteiger partial charge in [0, 0.05) is 6.42 Å². The molecule has 0 N–H and O–H groups in total. The van der Waals surface area contributed by atoms with Gasteiger partial charge in [-0.2, -0.15) is 0 Å². The van der Waals surface area contributed by atoms with Crippen LogP contribution in [-0.2, 0) is 23.4 Å². The van der Waals surface area contributed by atoms with Crippen molar-refractivity contribution in [3.63, 3.8) is 0 Å². The molecule has 182 valence electrons. The summed E-state index contributed by atoms with van der Waals surface area (Å²) >= 11 is 0. The SMILES string of the molecule is C#CC[C@@H](C)[C@H](OCCC(=O)OCOC(=O)c1ccccc1)C(C=C)O[Si](C)(C)C(C)(C)C. The first-order valence-corrected chi connectivity index (χ1v) is 14.1. The molecule has 7 heteroatoms. The van der Waals surface area contributed by atoms with Gasteiger partial charge in [-0.15, -0.1) is 18.9 Å². The van der Waals surface area contributed by atoms with E-state index in [1.807, 2.05) is 6.92 Å². The molecule has 0 spiro atoms. The number of terminal acetylenes is 1. The fraction of sp³-hybridized carbons (Fsp3) is 0.538. The minimum absolute atomic E-state index is 0.00520. The maximum atomic E-state index is 12.1. The van der Waals surface area contributed by atoms with Crippen LogP contribution in [0.15, 0.2) is 43.0 Å². The Labute approximate surface area is 199 Å². The standard InChI is InChI=1S/C26H38O6Si/c1-9-14-20(3)24(22(10-2)32-33(7,8)26(4,5)6)29-18-17-23(27)30-19-31-25(28)21-15-12-11-13-16-21/h1,10-13,15-16,20,22,24H,2,14,17-19H2,3-8H3/t20-,22?,24+/m1/s1. The molecule has 0 saturated carbocycles. The van der Waals surface area contributed by atoms with E-state index < -0.39 is 27.0 Å². The van der Waals surface area contributed by atoms with E-state index in [1.54, 1.807) is 36.4 Å². The Bertz CT molecular complexity index is 806. The summed E-state index contributed by atoms with van der Waals surface area (Å²) in [7, 11) is -2.08. The first kappa shape index (κ1) is 28.6. The second-order valence-electron chi connectivity index (χ2n) is 9.48. The molecule has 1 aromatic carbocycles. The molecule has 0 heterocycles. The molecule has 0 fully saturated rings. The highest BCUT2D eigenvalue weighted by molar-refractivity contribution is 6.74. The van der Waals surface area contributed by atoms with Gasteiger partial charge in [-0.25, -0.2) is 4.79 Å². The van der Waals surface area contributed by atoms with Crippen LogP contribution in [0.5, 0.6) is 0 Å². The van der Waals surface area contributed by atoms with Gasteiger partial charge >= 0.3 is 11.9 Å². The highest BCUT2D eigenvalue weighted by Crippen LogP contribution is 2.38. The predicted octanol–water partition coefficient (Wildman–Crippen LogP) is 5.36. The summed E-state index contributed by atoms with van der Waals surface area (Å²) in [5, 5.41) is 0.0230. The molecule has 3 atom stereocenters. The molecule has 0 aliphatic rings. The van der Waals surface area contributed by atoms with Crippen LogP contribution in [-0.4, -0.2) is 45.9 Å². The van der Waals surface area contributed by atoms with Crippen molar-refractivity contribution < 1.29 is 28.2 Å². The van der Waals surface area contributed by atoms with Crippen molar-refractivity contribution in [1.82, 2.24) is 0 Å². The van der Waals surface area contributed by atoms with E-state index in [9.17, 15) is 9.59 Å². The molecule has 1 aromatic rings. The van der Waals surface area contributed by atoms with Crippen molar-refractivity contribution in [3.05, 3.63) is 48.6 Å². The highest BCUT2D eigenvalue weighted by Gasteiger charge is 2.41. The average molecular weight is 475 g/mol. The van der Waals surface area contributed by atoms with E-state index in [2.05, 4.69) is 46.4 Å². The monoisotopic (exact) mass is 474 g/mol. The highest BCUT2D eigenvalue weighted by atomic mass is 28.4. The fourth-order valence-corrected chi connectivity index (χ4v) is 4.07. The summed E-state index contributed by atoms with van der Waals surface area (Å²) in [6.07, 6.45) is 7.09. The van der Waals surface area contributed by atoms with Gasteiger partial charge in [0.2, 0.25) is 6.79 Å². The second kappa shape index (κ2) is 13.3. The Morgan fingerprint density at radius 2 is 1.82 bits per heavy atom. The van der Waals surface area contributed by atoms with Crippen LogP contribution in [0.1, 0.15) is 50.9 Å². The van der Waals surface area contributed by atoms with Crippen LogP contribution in [0.25, 0.3) is 0 Å². The Balaban J connectivity index is 2.61. The van der Waals surface area contributed by atoms with Crippen molar-refractivity contribution in [3.8, 4) is 12.3 Å². The summed E-state index contributed by atoms with van der Waals surface area (Å²) in [6.45, 7) is 16.4. The number of carbonyl (C=O) groups is 2. The summed E-state index contributed by atoms with van der Waals surface area (Å²) in [4.78, 5) is 24.0. The first-order chi connectivity index (χ1) is 15.4. The van der Waals surface area contributed by atoms with Gasteiger partial charge in [-0.3, -0.25) is 4.79 Å². The van der Waals surface area contributed by atoms with Crippen LogP contribution < -0.4 is 0 Å². The molecular weight excluding hydrogens is 436 g/mol. The molecule has 0 aliphatic carbocycles. The van der Waals surface area contributed by atoms with Crippen LogP contribution in [0.3, 0.4) is 0 Å². The van der Waals surface area contributed by atoms with Gasteiger partial charge in [0.05, 0.1) is 30.8 Å². The van der Waals surface area contributed by atoms with Crippen LogP contribution in [0, 0.1) is 18.3 Å². The largest absolute Gasteiger partial charge is 0.428 e. The first-order valence-electron chi connectivity index (χ1n) is 11.2. The number of hydrogen-bond acceptors (Lipinski definition) is 6. The van der Waals surface area contributed by atoms with Crippen molar-refractivity contribution in [2.45, 2.75) is 70.9 Å². The number of esters is 2. The van der Waals surface area contributed by atoms with E-state index >= 15 is 0 Å². The normalized spacial score (nSPS) is 14.5. The molecule has 33 heavy (non-hydrogen) atoms. The predicted molar refractivity (Wildman–Crippen MR) is 132 cm³/mol. The smallest absolute Gasteiger partial charge is 0.340 e. The molecule has 1 rings (SSSR count). The van der Waals surface area contributed by atoms with Gasteiger partial charge in [0.1, 0.15) is 0 Å². The molecule has 0 saturated heterocycles. The van der Waals surface area contributed by atoms with E-state index in [4.69, 9.17) is 25.1 Å². The fourth-order valence-electron chi connectivity index (χ4n) is 2.81. The van der Waals surface area contributed by atoms with E-state index in [-0.39, 0.29) is 36.2 Å². The van der Waals surface area contributed by atoms with Crippen LogP contribution in [0.2, 0.25) is 18.1 Å². The summed E-state index contributed by atoms with van der Waals surface area (Å²) in [6, 6.07) is 8.49. The molecular formula is C26H38O6Si. The van der Waals surface area contributed by atoms with Crippen LogP contribution in [0.4, 0.5) is 0 Å². The van der Waals surface area contributed by atoms with Gasteiger partial charge in [-0.1, -0.05) is 52.0 Å². The lowest BCUT2D eigenvalue weighted by molar-refractivity contribution is -0.154. The molecule has 0 aliphatic heterocycles. The Morgan fingerprint density at radius 1 is 1.18 bits per heavy atom. The van der Waals surface area contributed by atoms with E-state index in [0.29, 0.717) is 12.0 Å². The molecule has 0 bridgehead atoms. The number of carbonyl (C=O) groups excluding carboxylic acids is 2. The van der Waals surface area contributed by atoms with Crippen molar-refractivity contribution >= 4 is 20.3 Å². The molecule has 1 unspecified atom stereocenters. The molecule has 0 radical (unpaired) electrons. The zero-order chi connectivity index (χ0) is 25.1. The molecule has 6 nitrogen and oxygen atoms in total. The Kier molecular flexibility index (Phi) is 11.6. The third kappa shape index (κ3) is 9.54. The zero-order valence-corrected chi connectivity index (χ0v) is 21.8. The Morgan fingerprint density at radius 3 is 2.36 bits per heavy atom. The van der Waals surface area contributed by atoms with Gasteiger partial charge < -0.3 is 18.6 Å². The minimum Gasteiger partial charge on any atom is -0.428 e. The minimum atomic E-state index is -2.08. The quantitative estimate of drug-likeness (QED) is 0.126. The van der Waals surface area contributed by atoms with Gasteiger partial charge in [-0.05, 0) is 36.2 Å². The Hall–Kier alpha value is -2.40.